The molecule has 1 heterocycles. The summed E-state index contributed by atoms with van der Waals surface area (Å²) < 4.78 is 0. The van der Waals surface area contributed by atoms with Gasteiger partial charge in [-0.3, -0.25) is 9.59 Å². The lowest BCUT2D eigenvalue weighted by molar-refractivity contribution is 0.0890. The molecule has 7 heteroatoms. The second-order valence-corrected chi connectivity index (χ2v) is 5.29. The molecule has 0 aliphatic rings. The number of imidazole rings is 1. The highest BCUT2D eigenvalue weighted by Gasteiger charge is 2.22. The van der Waals surface area contributed by atoms with Crippen molar-refractivity contribution < 1.29 is 14.7 Å². The minimum Gasteiger partial charge on any atom is -0.394 e. The molecule has 0 aliphatic carbocycles. The Bertz CT molecular complexity index is 669. The Morgan fingerprint density at radius 1 is 1.17 bits per heavy atom. The normalized spacial score (nSPS) is 13.2. The first kappa shape index (κ1) is 16.7. The van der Waals surface area contributed by atoms with Crippen molar-refractivity contribution in [3.8, 4) is 0 Å². The number of hydrogen-bond acceptors (Lipinski definition) is 4. The van der Waals surface area contributed by atoms with Crippen LogP contribution in [0.4, 0.5) is 0 Å². The van der Waals surface area contributed by atoms with E-state index in [2.05, 4.69) is 20.6 Å². The fourth-order valence-corrected chi connectivity index (χ4v) is 2.07. The van der Waals surface area contributed by atoms with Crippen LogP contribution < -0.4 is 10.6 Å². The number of aliphatic hydroxyl groups excluding tert-OH is 1. The summed E-state index contributed by atoms with van der Waals surface area (Å²) in [7, 11) is 0. The number of carbonyl (C=O) groups is 2. The molecule has 0 unspecified atom stereocenters. The number of hydrogen-bond donors (Lipinski definition) is 4. The number of nitrogens with one attached hydrogen (secondary N) is 3. The van der Waals surface area contributed by atoms with E-state index in [1.54, 1.807) is 6.92 Å². The van der Waals surface area contributed by atoms with Gasteiger partial charge < -0.3 is 20.7 Å². The molecule has 122 valence electrons. The number of H-pyrrole nitrogens is 1. The predicted octanol–water partition coefficient (Wildman–Crippen LogP) is 1.01. The highest BCUT2D eigenvalue weighted by atomic mass is 16.3. The summed E-state index contributed by atoms with van der Waals surface area (Å²) in [6.45, 7) is 3.32. The van der Waals surface area contributed by atoms with E-state index in [1.807, 2.05) is 37.3 Å². The molecule has 1 aromatic heterocycles. The third kappa shape index (κ3) is 4.17. The van der Waals surface area contributed by atoms with Crippen LogP contribution in [0.15, 0.2) is 36.7 Å². The van der Waals surface area contributed by atoms with E-state index in [0.29, 0.717) is 0 Å². The van der Waals surface area contributed by atoms with Gasteiger partial charge in [0.1, 0.15) is 5.69 Å². The maximum absolute atomic E-state index is 12.4. The fourth-order valence-electron chi connectivity index (χ4n) is 2.07. The largest absolute Gasteiger partial charge is 0.394 e. The molecule has 0 fully saturated rings. The number of rotatable bonds is 6. The number of nitrogens with zero attached hydrogens (tertiary/aromatic N) is 1. The maximum atomic E-state index is 12.4. The number of aliphatic hydroxyl groups is 1. The van der Waals surface area contributed by atoms with Crippen LogP contribution in [-0.4, -0.2) is 39.5 Å². The molecule has 23 heavy (non-hydrogen) atoms. The van der Waals surface area contributed by atoms with Crippen LogP contribution >= 0.6 is 0 Å². The van der Waals surface area contributed by atoms with Gasteiger partial charge in [-0.25, -0.2) is 4.98 Å². The van der Waals surface area contributed by atoms with Gasteiger partial charge in [0.25, 0.3) is 11.8 Å². The molecular weight excluding hydrogens is 296 g/mol. The van der Waals surface area contributed by atoms with Crippen molar-refractivity contribution in [1.29, 1.82) is 0 Å². The number of amides is 2. The second-order valence-electron chi connectivity index (χ2n) is 5.29. The van der Waals surface area contributed by atoms with Crippen LogP contribution in [-0.2, 0) is 0 Å². The van der Waals surface area contributed by atoms with Crippen molar-refractivity contribution in [2.45, 2.75) is 25.9 Å². The van der Waals surface area contributed by atoms with Crippen molar-refractivity contribution in [1.82, 2.24) is 20.6 Å². The highest BCUT2D eigenvalue weighted by molar-refractivity contribution is 6.04. The quantitative estimate of drug-likeness (QED) is 0.638. The minimum atomic E-state index is -0.509. The van der Waals surface area contributed by atoms with Crippen LogP contribution in [0, 0.1) is 0 Å². The lowest BCUT2D eigenvalue weighted by Gasteiger charge is -2.14. The zero-order valence-electron chi connectivity index (χ0n) is 13.0. The van der Waals surface area contributed by atoms with Crippen LogP contribution in [0.3, 0.4) is 0 Å². The molecule has 2 atom stereocenters. The Balaban J connectivity index is 2.09. The van der Waals surface area contributed by atoms with Crippen molar-refractivity contribution in [2.24, 2.45) is 0 Å². The van der Waals surface area contributed by atoms with Gasteiger partial charge >= 0.3 is 0 Å². The van der Waals surface area contributed by atoms with E-state index in [1.165, 1.54) is 6.33 Å². The zero-order valence-corrected chi connectivity index (χ0v) is 13.0. The van der Waals surface area contributed by atoms with Gasteiger partial charge in [-0.15, -0.1) is 0 Å². The minimum absolute atomic E-state index is 0.00283. The first-order valence-corrected chi connectivity index (χ1v) is 7.33. The zero-order chi connectivity index (χ0) is 16.8. The lowest BCUT2D eigenvalue weighted by Crippen LogP contribution is -2.37. The Hall–Kier alpha value is -2.67. The Morgan fingerprint density at radius 3 is 2.52 bits per heavy atom. The molecule has 0 aliphatic heterocycles. The highest BCUT2D eigenvalue weighted by Crippen LogP contribution is 2.13. The van der Waals surface area contributed by atoms with Crippen LogP contribution in [0.2, 0.25) is 0 Å². The summed E-state index contributed by atoms with van der Waals surface area (Å²) in [5, 5.41) is 14.4. The smallest absolute Gasteiger partial charge is 0.272 e. The average molecular weight is 316 g/mol. The SMILES string of the molecule is C[C@H](CO)NC(=O)c1nc[nH]c1C(=O)N[C@H](C)c1ccccc1. The molecular formula is C16H20N4O3. The van der Waals surface area contributed by atoms with Gasteiger partial charge in [0.2, 0.25) is 0 Å². The number of benzene rings is 1. The average Bonchev–Trinajstić information content (AvgIpc) is 3.05. The first-order chi connectivity index (χ1) is 11.0. The second kappa shape index (κ2) is 7.55. The standard InChI is InChI=1S/C16H20N4O3/c1-10(8-21)19-15(22)13-14(18-9-17-13)16(23)20-11(2)12-6-4-3-5-7-12/h3-7,9-11,21H,8H2,1-2H3,(H,17,18)(H,19,22)(H,20,23)/t10-,11-/m1/s1. The molecule has 0 spiro atoms. The van der Waals surface area contributed by atoms with Gasteiger partial charge in [0.15, 0.2) is 5.69 Å². The monoisotopic (exact) mass is 316 g/mol. The van der Waals surface area contributed by atoms with E-state index in [4.69, 9.17) is 5.11 Å². The van der Waals surface area contributed by atoms with E-state index in [9.17, 15) is 9.59 Å². The molecule has 7 nitrogen and oxygen atoms in total. The molecule has 4 N–H and O–H groups in total. The third-order valence-corrected chi connectivity index (χ3v) is 3.38. The van der Waals surface area contributed by atoms with Crippen molar-refractivity contribution in [2.75, 3.05) is 6.61 Å². The van der Waals surface area contributed by atoms with Crippen LogP contribution in [0.1, 0.15) is 46.4 Å². The van der Waals surface area contributed by atoms with Crippen molar-refractivity contribution in [3.05, 3.63) is 53.6 Å². The van der Waals surface area contributed by atoms with Gasteiger partial charge in [0.05, 0.1) is 19.0 Å². The van der Waals surface area contributed by atoms with Crippen molar-refractivity contribution >= 4 is 11.8 Å². The summed E-state index contributed by atoms with van der Waals surface area (Å²) in [6, 6.07) is 8.88. The summed E-state index contributed by atoms with van der Waals surface area (Å²) in [4.78, 5) is 31.0. The van der Waals surface area contributed by atoms with E-state index >= 15 is 0 Å². The summed E-state index contributed by atoms with van der Waals surface area (Å²) in [6.07, 6.45) is 1.29. The fraction of sp³-hybridized carbons (Fsp3) is 0.312. The lowest BCUT2D eigenvalue weighted by atomic mass is 10.1. The summed E-state index contributed by atoms with van der Waals surface area (Å²) in [5.74, 6) is -0.925. The number of aromatic nitrogens is 2. The molecule has 2 amide bonds. The molecule has 2 rings (SSSR count). The Morgan fingerprint density at radius 2 is 1.87 bits per heavy atom. The predicted molar refractivity (Wildman–Crippen MR) is 84.9 cm³/mol. The molecule has 0 saturated carbocycles. The van der Waals surface area contributed by atoms with E-state index in [0.717, 1.165) is 5.56 Å². The summed E-state index contributed by atoms with van der Waals surface area (Å²) >= 11 is 0. The van der Waals surface area contributed by atoms with Crippen LogP contribution in [0.25, 0.3) is 0 Å². The molecule has 0 radical (unpaired) electrons. The molecule has 1 aromatic carbocycles. The number of carbonyl (C=O) groups excluding carboxylic acids is 2. The maximum Gasteiger partial charge on any atom is 0.272 e. The van der Waals surface area contributed by atoms with E-state index < -0.39 is 17.9 Å². The van der Waals surface area contributed by atoms with Crippen LogP contribution in [0.5, 0.6) is 0 Å². The third-order valence-electron chi connectivity index (χ3n) is 3.38. The van der Waals surface area contributed by atoms with Gasteiger partial charge in [0, 0.05) is 6.04 Å². The first-order valence-electron chi connectivity index (χ1n) is 7.33. The van der Waals surface area contributed by atoms with Gasteiger partial charge in [-0.05, 0) is 19.4 Å². The van der Waals surface area contributed by atoms with E-state index in [-0.39, 0.29) is 24.0 Å². The number of aromatic amines is 1. The molecule has 2 aromatic rings. The Labute approximate surface area is 134 Å². The molecule has 0 saturated heterocycles. The van der Waals surface area contributed by atoms with Gasteiger partial charge in [-0.1, -0.05) is 30.3 Å². The van der Waals surface area contributed by atoms with Gasteiger partial charge in [-0.2, -0.15) is 0 Å². The summed E-state index contributed by atoms with van der Waals surface area (Å²) in [5.41, 5.74) is 1.05. The topological polar surface area (TPSA) is 107 Å². The Kier molecular flexibility index (Phi) is 5.48. The van der Waals surface area contributed by atoms with Crippen molar-refractivity contribution in [3.63, 3.8) is 0 Å². The molecule has 0 bridgehead atoms.